The van der Waals surface area contributed by atoms with E-state index in [0.717, 1.165) is 6.08 Å². The van der Waals surface area contributed by atoms with E-state index in [-0.39, 0.29) is 4.91 Å². The van der Waals surface area contributed by atoms with Crippen LogP contribution in [0.5, 0.6) is 0 Å². The van der Waals surface area contributed by atoms with Crippen LogP contribution in [0.2, 0.25) is 0 Å². The second-order valence-corrected chi connectivity index (χ2v) is 4.46. The highest BCUT2D eigenvalue weighted by atomic mass is 32.2. The van der Waals surface area contributed by atoms with E-state index >= 15 is 0 Å². The van der Waals surface area contributed by atoms with Crippen molar-refractivity contribution in [2.24, 2.45) is 11.5 Å². The number of ether oxygens (including phenoxy) is 1. The lowest BCUT2D eigenvalue weighted by Crippen LogP contribution is -2.58. The minimum absolute atomic E-state index is 0.323. The van der Waals surface area contributed by atoms with Crippen LogP contribution in [0.25, 0.3) is 0 Å². The van der Waals surface area contributed by atoms with Crippen LogP contribution < -0.4 is 11.5 Å². The summed E-state index contributed by atoms with van der Waals surface area (Å²) in [4.78, 5) is -0.323. The van der Waals surface area contributed by atoms with Crippen molar-refractivity contribution in [3.8, 4) is 0 Å². The Labute approximate surface area is 82.0 Å². The average molecular weight is 220 g/mol. The van der Waals surface area contributed by atoms with Gasteiger partial charge >= 0.3 is 0 Å². The Morgan fingerprint density at radius 2 is 2.14 bits per heavy atom. The Bertz CT molecular complexity index is 382. The van der Waals surface area contributed by atoms with E-state index in [4.69, 9.17) is 20.8 Å². The van der Waals surface area contributed by atoms with E-state index in [1.165, 1.54) is 19.3 Å². The highest BCUT2D eigenvalue weighted by Crippen LogP contribution is 2.20. The van der Waals surface area contributed by atoms with Gasteiger partial charge in [0.05, 0.1) is 4.91 Å². The number of nitrogens with two attached hydrogens (primary N) is 2. The maximum atomic E-state index is 10.8. The number of hydrogen-bond donors (Lipinski definition) is 3. The first kappa shape index (κ1) is 11.3. The third kappa shape index (κ3) is 2.20. The van der Waals surface area contributed by atoms with Gasteiger partial charge in [0.15, 0.2) is 0 Å². The molecule has 1 aliphatic rings. The molecule has 5 N–H and O–H groups in total. The molecule has 0 aromatic heterocycles. The zero-order valence-corrected chi connectivity index (χ0v) is 8.36. The number of methoxy groups -OCH3 is 1. The first-order valence-corrected chi connectivity index (χ1v) is 5.20. The predicted octanol–water partition coefficient (Wildman–Crippen LogP) is -1.04. The Morgan fingerprint density at radius 3 is 2.50 bits per heavy atom. The molecule has 0 spiro atoms. The van der Waals surface area contributed by atoms with Gasteiger partial charge in [-0.2, -0.15) is 8.42 Å². The van der Waals surface area contributed by atoms with Gasteiger partial charge < -0.3 is 16.2 Å². The van der Waals surface area contributed by atoms with Crippen molar-refractivity contribution in [3.05, 3.63) is 23.1 Å². The summed E-state index contributed by atoms with van der Waals surface area (Å²) in [6.45, 7) is 0. The van der Waals surface area contributed by atoms with Crippen molar-refractivity contribution in [1.82, 2.24) is 0 Å². The molecule has 0 aliphatic heterocycles. The normalized spacial score (nSPS) is 26.0. The molecular formula is C7H12N2O4S. The van der Waals surface area contributed by atoms with E-state index in [9.17, 15) is 8.42 Å². The van der Waals surface area contributed by atoms with E-state index in [0.29, 0.717) is 0 Å². The molecule has 7 heteroatoms. The van der Waals surface area contributed by atoms with E-state index in [2.05, 4.69) is 0 Å². The predicted molar refractivity (Wildman–Crippen MR) is 50.7 cm³/mol. The molecule has 0 heterocycles. The highest BCUT2D eigenvalue weighted by molar-refractivity contribution is 7.90. The molecule has 0 saturated carbocycles. The second-order valence-electron chi connectivity index (χ2n) is 3.04. The zero-order valence-electron chi connectivity index (χ0n) is 7.54. The van der Waals surface area contributed by atoms with Crippen molar-refractivity contribution in [1.29, 1.82) is 0 Å². The lowest BCUT2D eigenvalue weighted by Gasteiger charge is -2.30. The Morgan fingerprint density at radius 1 is 1.57 bits per heavy atom. The maximum Gasteiger partial charge on any atom is 0.294 e. The molecule has 0 fully saturated rings. The van der Waals surface area contributed by atoms with Crippen molar-refractivity contribution in [2.45, 2.75) is 11.8 Å². The van der Waals surface area contributed by atoms with E-state index in [1.54, 1.807) is 0 Å². The van der Waals surface area contributed by atoms with Crippen molar-refractivity contribution in [2.75, 3.05) is 7.11 Å². The molecule has 1 rings (SSSR count). The summed E-state index contributed by atoms with van der Waals surface area (Å²) in [5.74, 6) is 0. The van der Waals surface area contributed by atoms with Gasteiger partial charge in [0.25, 0.3) is 10.1 Å². The quantitative estimate of drug-likeness (QED) is 0.404. The van der Waals surface area contributed by atoms with Crippen molar-refractivity contribution < 1.29 is 17.7 Å². The third-order valence-electron chi connectivity index (χ3n) is 1.87. The molecule has 0 aromatic carbocycles. The molecule has 14 heavy (non-hydrogen) atoms. The summed E-state index contributed by atoms with van der Waals surface area (Å²) in [7, 11) is -2.87. The molecule has 0 aromatic rings. The van der Waals surface area contributed by atoms with Gasteiger partial charge in [0.1, 0.15) is 11.8 Å². The summed E-state index contributed by atoms with van der Waals surface area (Å²) in [5.41, 5.74) is 9.70. The molecule has 1 unspecified atom stereocenters. The van der Waals surface area contributed by atoms with Gasteiger partial charge in [-0.05, 0) is 12.2 Å². The maximum absolute atomic E-state index is 10.8. The van der Waals surface area contributed by atoms with Gasteiger partial charge in [-0.1, -0.05) is 6.08 Å². The minimum atomic E-state index is -4.27. The Kier molecular flexibility index (Phi) is 2.79. The molecule has 6 nitrogen and oxygen atoms in total. The molecular weight excluding hydrogens is 208 g/mol. The molecule has 0 bridgehead atoms. The summed E-state index contributed by atoms with van der Waals surface area (Å²) in [6, 6.07) is 0. The fourth-order valence-electron chi connectivity index (χ4n) is 1.17. The van der Waals surface area contributed by atoms with Gasteiger partial charge in [0, 0.05) is 7.11 Å². The molecule has 80 valence electrons. The van der Waals surface area contributed by atoms with Crippen LogP contribution >= 0.6 is 0 Å². The number of allylic oxidation sites excluding steroid dienone is 1. The van der Waals surface area contributed by atoms with E-state index in [1.807, 2.05) is 0 Å². The van der Waals surface area contributed by atoms with Gasteiger partial charge in [-0.3, -0.25) is 4.55 Å². The Balaban J connectivity index is 3.10. The zero-order chi connectivity index (χ0) is 11.0. The molecule has 1 aliphatic carbocycles. The average Bonchev–Trinajstić information content (AvgIpc) is 2.00. The third-order valence-corrected chi connectivity index (χ3v) is 2.72. The largest absolute Gasteiger partial charge is 0.374 e. The van der Waals surface area contributed by atoms with Crippen LogP contribution in [-0.4, -0.2) is 31.8 Å². The van der Waals surface area contributed by atoms with E-state index < -0.39 is 21.9 Å². The number of hydrogen-bond acceptors (Lipinski definition) is 5. The molecule has 0 amide bonds. The topological polar surface area (TPSA) is 116 Å². The van der Waals surface area contributed by atoms with Crippen LogP contribution in [-0.2, 0) is 14.9 Å². The molecule has 0 saturated heterocycles. The minimum Gasteiger partial charge on any atom is -0.374 e. The van der Waals surface area contributed by atoms with Gasteiger partial charge in [-0.15, -0.1) is 0 Å². The van der Waals surface area contributed by atoms with Crippen LogP contribution in [0.4, 0.5) is 0 Å². The fraction of sp³-hybridized carbons (Fsp3) is 0.429. The first-order chi connectivity index (χ1) is 6.27. The van der Waals surface area contributed by atoms with Gasteiger partial charge in [-0.25, -0.2) is 0 Å². The summed E-state index contributed by atoms with van der Waals surface area (Å²) >= 11 is 0. The van der Waals surface area contributed by atoms with Gasteiger partial charge in [0.2, 0.25) is 0 Å². The summed E-state index contributed by atoms with van der Waals surface area (Å²) < 4.78 is 35.2. The lowest BCUT2D eigenvalue weighted by molar-refractivity contribution is 0.0919. The first-order valence-electron chi connectivity index (χ1n) is 3.76. The molecule has 1 atom stereocenters. The van der Waals surface area contributed by atoms with Crippen LogP contribution in [0.1, 0.15) is 0 Å². The monoisotopic (exact) mass is 220 g/mol. The van der Waals surface area contributed by atoms with Crippen LogP contribution in [0.3, 0.4) is 0 Å². The standard InChI is InChI=1S/C7H12N2O4S/c1-13-6-3-2-5(14(10,11)12)4-7(6,8)9/h2-4,6H,8-9H2,1H3,(H,10,11,12). The summed E-state index contributed by atoms with van der Waals surface area (Å²) in [5, 5.41) is 0. The lowest BCUT2D eigenvalue weighted by atomic mass is 10.00. The molecule has 0 radical (unpaired) electrons. The summed E-state index contributed by atoms with van der Waals surface area (Å²) in [6.07, 6.45) is 3.01. The fourth-order valence-corrected chi connectivity index (χ4v) is 1.77. The smallest absolute Gasteiger partial charge is 0.294 e. The second kappa shape index (κ2) is 3.44. The highest BCUT2D eigenvalue weighted by Gasteiger charge is 2.32. The SMILES string of the molecule is COC1C=CC(S(=O)(=O)O)=CC1(N)N. The Hall–Kier alpha value is -0.730. The van der Waals surface area contributed by atoms with Crippen molar-refractivity contribution in [3.63, 3.8) is 0 Å². The van der Waals surface area contributed by atoms with Crippen LogP contribution in [0.15, 0.2) is 23.1 Å². The number of rotatable bonds is 2. The van der Waals surface area contributed by atoms with Crippen LogP contribution in [0, 0.1) is 0 Å². The van der Waals surface area contributed by atoms with Crippen molar-refractivity contribution >= 4 is 10.1 Å².